The van der Waals surface area contributed by atoms with Crippen LogP contribution < -0.4 is 5.32 Å². The molecule has 0 aliphatic rings. The summed E-state index contributed by atoms with van der Waals surface area (Å²) in [4.78, 5) is 13.2. The second-order valence-electron chi connectivity index (χ2n) is 6.66. The van der Waals surface area contributed by atoms with Crippen LogP contribution in [-0.2, 0) is 4.79 Å². The van der Waals surface area contributed by atoms with Crippen molar-refractivity contribution in [1.82, 2.24) is 20.0 Å². The number of hydrogen-bond donors (Lipinski definition) is 1. The van der Waals surface area contributed by atoms with Gasteiger partial charge in [-0.1, -0.05) is 18.2 Å². The van der Waals surface area contributed by atoms with Gasteiger partial charge in [-0.15, -0.1) is 0 Å². The Balaban J connectivity index is 1.87. The maximum Gasteiger partial charge on any atom is 0.401 e. The van der Waals surface area contributed by atoms with Crippen molar-refractivity contribution in [2.24, 2.45) is 0 Å². The number of amides is 1. The van der Waals surface area contributed by atoms with Crippen LogP contribution in [0.1, 0.15) is 23.4 Å². The van der Waals surface area contributed by atoms with E-state index in [-0.39, 0.29) is 12.5 Å². The predicted octanol–water partition coefficient (Wildman–Crippen LogP) is 3.50. The van der Waals surface area contributed by atoms with Crippen LogP contribution in [-0.4, -0.2) is 53.4 Å². The number of aromatic nitrogens is 2. The Morgan fingerprint density at radius 1 is 1.25 bits per heavy atom. The highest BCUT2D eigenvalue weighted by Crippen LogP contribution is 2.19. The minimum atomic E-state index is -4.21. The van der Waals surface area contributed by atoms with Gasteiger partial charge in [-0.05, 0) is 52.1 Å². The Morgan fingerprint density at radius 3 is 2.57 bits per heavy atom. The molecule has 0 saturated carbocycles. The van der Waals surface area contributed by atoms with Gasteiger partial charge in [0, 0.05) is 23.9 Å². The molecule has 0 unspecified atom stereocenters. The van der Waals surface area contributed by atoms with Crippen molar-refractivity contribution in [2.75, 3.05) is 26.7 Å². The number of aryl methyl sites for hydroxylation is 1. The summed E-state index contributed by atoms with van der Waals surface area (Å²) in [6, 6.07) is 9.70. The maximum atomic E-state index is 12.3. The van der Waals surface area contributed by atoms with Gasteiger partial charge < -0.3 is 5.32 Å². The molecule has 0 saturated heterocycles. The van der Waals surface area contributed by atoms with Crippen LogP contribution in [0.4, 0.5) is 13.2 Å². The molecule has 28 heavy (non-hydrogen) atoms. The van der Waals surface area contributed by atoms with Gasteiger partial charge >= 0.3 is 6.18 Å². The summed E-state index contributed by atoms with van der Waals surface area (Å²) in [5.74, 6) is -0.287. The van der Waals surface area contributed by atoms with E-state index in [1.165, 1.54) is 18.0 Å². The molecule has 0 aliphatic carbocycles. The third-order valence-electron chi connectivity index (χ3n) is 4.21. The molecule has 1 amide bonds. The molecule has 8 heteroatoms. The normalized spacial score (nSPS) is 12.1. The highest BCUT2D eigenvalue weighted by molar-refractivity contribution is 5.92. The van der Waals surface area contributed by atoms with Crippen molar-refractivity contribution >= 4 is 12.0 Å². The number of benzene rings is 1. The predicted molar refractivity (Wildman–Crippen MR) is 103 cm³/mol. The van der Waals surface area contributed by atoms with E-state index < -0.39 is 12.7 Å². The van der Waals surface area contributed by atoms with Gasteiger partial charge in [0.2, 0.25) is 5.91 Å². The van der Waals surface area contributed by atoms with Gasteiger partial charge in [0.25, 0.3) is 0 Å². The van der Waals surface area contributed by atoms with Crippen molar-refractivity contribution in [3.8, 4) is 5.69 Å². The largest absolute Gasteiger partial charge is 0.401 e. The van der Waals surface area contributed by atoms with E-state index in [1.807, 2.05) is 48.9 Å². The Bertz CT molecular complexity index is 813. The number of para-hydroxylation sites is 1. The summed E-state index contributed by atoms with van der Waals surface area (Å²) in [6.45, 7) is 3.42. The summed E-state index contributed by atoms with van der Waals surface area (Å²) in [5.41, 5.74) is 3.53. The highest BCUT2D eigenvalue weighted by Gasteiger charge is 2.28. The van der Waals surface area contributed by atoms with Crippen molar-refractivity contribution in [3.05, 3.63) is 53.4 Å². The molecule has 0 aliphatic heterocycles. The molecule has 1 heterocycles. The monoisotopic (exact) mass is 394 g/mol. The smallest absolute Gasteiger partial charge is 0.353 e. The van der Waals surface area contributed by atoms with E-state index in [0.717, 1.165) is 22.6 Å². The first-order valence-corrected chi connectivity index (χ1v) is 9.00. The Kier molecular flexibility index (Phi) is 7.39. The first kappa shape index (κ1) is 21.7. The number of halogens is 3. The van der Waals surface area contributed by atoms with E-state index in [9.17, 15) is 18.0 Å². The topological polar surface area (TPSA) is 50.2 Å². The van der Waals surface area contributed by atoms with Crippen LogP contribution in [0.15, 0.2) is 36.4 Å². The molecule has 0 bridgehead atoms. The number of nitrogens with zero attached hydrogens (tertiary/aromatic N) is 3. The average molecular weight is 394 g/mol. The van der Waals surface area contributed by atoms with Crippen LogP contribution in [0.3, 0.4) is 0 Å². The van der Waals surface area contributed by atoms with Crippen LogP contribution in [0.2, 0.25) is 0 Å². The molecule has 1 aromatic carbocycles. The average Bonchev–Trinajstić information content (AvgIpc) is 2.90. The number of alkyl halides is 3. The lowest BCUT2D eigenvalue weighted by atomic mass is 10.2. The quantitative estimate of drug-likeness (QED) is 0.551. The zero-order chi connectivity index (χ0) is 20.7. The second-order valence-corrected chi connectivity index (χ2v) is 6.66. The summed E-state index contributed by atoms with van der Waals surface area (Å²) < 4.78 is 38.6. The van der Waals surface area contributed by atoms with Crippen molar-refractivity contribution in [1.29, 1.82) is 0 Å². The Morgan fingerprint density at radius 2 is 1.93 bits per heavy atom. The third-order valence-corrected chi connectivity index (χ3v) is 4.21. The Labute approximate surface area is 162 Å². The lowest BCUT2D eigenvalue weighted by molar-refractivity contribution is -0.143. The zero-order valence-electron chi connectivity index (χ0n) is 16.3. The maximum absolute atomic E-state index is 12.3. The molecule has 1 aromatic heterocycles. The number of carbonyl (C=O) groups is 1. The lowest BCUT2D eigenvalue weighted by Crippen LogP contribution is -2.33. The van der Waals surface area contributed by atoms with Crippen molar-refractivity contribution in [2.45, 2.75) is 26.4 Å². The van der Waals surface area contributed by atoms with Gasteiger partial charge in [-0.25, -0.2) is 4.68 Å². The van der Waals surface area contributed by atoms with Crippen LogP contribution in [0, 0.1) is 13.8 Å². The molecule has 152 valence electrons. The first-order valence-electron chi connectivity index (χ1n) is 9.00. The summed E-state index contributed by atoms with van der Waals surface area (Å²) >= 11 is 0. The van der Waals surface area contributed by atoms with Gasteiger partial charge in [-0.3, -0.25) is 9.69 Å². The summed E-state index contributed by atoms with van der Waals surface area (Å²) in [7, 11) is 1.41. The standard InChI is InChI=1S/C20H25F3N4O/c1-15-18(16(2)27(25-15)17-8-5-4-6-9-17)10-11-19(28)24-12-7-13-26(3)14-20(21,22)23/h4-6,8-11H,7,12-14H2,1-3H3,(H,24,28)/b11-10+. The molecule has 2 aromatic rings. The van der Waals surface area contributed by atoms with Gasteiger partial charge in [-0.2, -0.15) is 18.3 Å². The van der Waals surface area contributed by atoms with Crippen LogP contribution in [0.25, 0.3) is 11.8 Å². The fourth-order valence-electron chi connectivity index (χ4n) is 2.88. The highest BCUT2D eigenvalue weighted by atomic mass is 19.4. The number of rotatable bonds is 8. The van der Waals surface area contributed by atoms with E-state index >= 15 is 0 Å². The molecule has 0 radical (unpaired) electrons. The van der Waals surface area contributed by atoms with Crippen LogP contribution in [0.5, 0.6) is 0 Å². The van der Waals surface area contributed by atoms with Gasteiger partial charge in [0.05, 0.1) is 17.9 Å². The second kappa shape index (κ2) is 9.54. The molecule has 5 nitrogen and oxygen atoms in total. The molecule has 0 atom stereocenters. The Hall–Kier alpha value is -2.61. The van der Waals surface area contributed by atoms with Gasteiger partial charge in [0.15, 0.2) is 0 Å². The SMILES string of the molecule is Cc1nn(-c2ccccc2)c(C)c1/C=C/C(=O)NCCCN(C)CC(F)(F)F. The molecular weight excluding hydrogens is 369 g/mol. The van der Waals surface area contributed by atoms with E-state index in [1.54, 1.807) is 6.08 Å². The molecule has 0 spiro atoms. The summed E-state index contributed by atoms with van der Waals surface area (Å²) in [6.07, 6.45) is -0.634. The number of hydrogen-bond acceptors (Lipinski definition) is 3. The number of carbonyl (C=O) groups excluding carboxylic acids is 1. The minimum Gasteiger partial charge on any atom is -0.353 e. The van der Waals surface area contributed by atoms with E-state index in [0.29, 0.717) is 13.0 Å². The first-order chi connectivity index (χ1) is 13.2. The van der Waals surface area contributed by atoms with Crippen molar-refractivity contribution in [3.63, 3.8) is 0 Å². The van der Waals surface area contributed by atoms with Crippen LogP contribution >= 0.6 is 0 Å². The number of nitrogens with one attached hydrogen (secondary N) is 1. The van der Waals surface area contributed by atoms with Gasteiger partial charge in [0.1, 0.15) is 0 Å². The molecule has 1 N–H and O–H groups in total. The van der Waals surface area contributed by atoms with E-state index in [2.05, 4.69) is 10.4 Å². The fourth-order valence-corrected chi connectivity index (χ4v) is 2.88. The van der Waals surface area contributed by atoms with E-state index in [4.69, 9.17) is 0 Å². The molecule has 0 fully saturated rings. The fraction of sp³-hybridized carbons (Fsp3) is 0.400. The summed E-state index contributed by atoms with van der Waals surface area (Å²) in [5, 5.41) is 7.21. The minimum absolute atomic E-state index is 0.256. The lowest BCUT2D eigenvalue weighted by Gasteiger charge is -2.18. The molecular formula is C20H25F3N4O. The van der Waals surface area contributed by atoms with Crippen molar-refractivity contribution < 1.29 is 18.0 Å². The molecule has 2 rings (SSSR count). The third kappa shape index (κ3) is 6.53. The zero-order valence-corrected chi connectivity index (χ0v) is 16.3.